The van der Waals surface area contributed by atoms with E-state index >= 15 is 0 Å². The van der Waals surface area contributed by atoms with Crippen LogP contribution in [0.25, 0.3) is 0 Å². The summed E-state index contributed by atoms with van der Waals surface area (Å²) in [5.41, 5.74) is 0.156. The summed E-state index contributed by atoms with van der Waals surface area (Å²) in [5, 5.41) is 2.90. The molecule has 1 N–H and O–H groups in total. The van der Waals surface area contributed by atoms with Gasteiger partial charge in [0.15, 0.2) is 9.84 Å². The zero-order valence-corrected chi connectivity index (χ0v) is 12.8. The summed E-state index contributed by atoms with van der Waals surface area (Å²) in [4.78, 5) is 4.30. The van der Waals surface area contributed by atoms with Crippen molar-refractivity contribution in [2.75, 3.05) is 11.6 Å². The lowest BCUT2D eigenvalue weighted by atomic mass is 10.3. The van der Waals surface area contributed by atoms with E-state index < -0.39 is 15.7 Å². The number of imidazole rings is 1. The molecule has 0 amide bonds. The average Bonchev–Trinajstić information content (AvgIpc) is 2.84. The van der Waals surface area contributed by atoms with Crippen LogP contribution in [0.1, 0.15) is 19.2 Å². The second-order valence-electron chi connectivity index (χ2n) is 4.80. The van der Waals surface area contributed by atoms with Gasteiger partial charge in [-0.15, -0.1) is 0 Å². The number of aromatic nitrogens is 2. The van der Waals surface area contributed by atoms with E-state index in [0.717, 1.165) is 31.1 Å². The van der Waals surface area contributed by atoms with Gasteiger partial charge in [-0.25, -0.2) is 17.8 Å². The largest absolute Gasteiger partial charge is 0.375 e. The first-order chi connectivity index (χ1) is 9.91. The van der Waals surface area contributed by atoms with Gasteiger partial charge in [0.05, 0.1) is 17.1 Å². The van der Waals surface area contributed by atoms with E-state index in [1.54, 1.807) is 6.20 Å². The summed E-state index contributed by atoms with van der Waals surface area (Å²) in [5.74, 6) is 0.289. The molecule has 0 radical (unpaired) electrons. The highest BCUT2D eigenvalue weighted by Gasteiger charge is 2.11. The smallest absolute Gasteiger partial charge is 0.175 e. The fraction of sp³-hybridized carbons (Fsp3) is 0.357. The zero-order valence-electron chi connectivity index (χ0n) is 12.0. The van der Waals surface area contributed by atoms with Crippen LogP contribution in [0.5, 0.6) is 0 Å². The average molecular weight is 311 g/mol. The highest BCUT2D eigenvalue weighted by atomic mass is 32.2. The Morgan fingerprint density at radius 3 is 2.81 bits per heavy atom. The van der Waals surface area contributed by atoms with Crippen molar-refractivity contribution < 1.29 is 12.8 Å². The van der Waals surface area contributed by atoms with E-state index in [1.165, 1.54) is 12.1 Å². The molecule has 1 aromatic heterocycles. The molecule has 1 aromatic carbocycles. The van der Waals surface area contributed by atoms with Gasteiger partial charge in [-0.1, -0.05) is 6.92 Å². The molecule has 0 spiro atoms. The van der Waals surface area contributed by atoms with Gasteiger partial charge in [0.2, 0.25) is 0 Å². The third-order valence-corrected chi connectivity index (χ3v) is 4.18. The van der Waals surface area contributed by atoms with E-state index in [4.69, 9.17) is 0 Å². The third kappa shape index (κ3) is 3.81. The van der Waals surface area contributed by atoms with Gasteiger partial charge in [0.25, 0.3) is 0 Å². The van der Waals surface area contributed by atoms with Crippen LogP contribution in [-0.4, -0.2) is 24.2 Å². The van der Waals surface area contributed by atoms with Gasteiger partial charge < -0.3 is 9.88 Å². The van der Waals surface area contributed by atoms with E-state index in [-0.39, 0.29) is 10.6 Å². The van der Waals surface area contributed by atoms with Crippen LogP contribution in [-0.2, 0) is 22.9 Å². The van der Waals surface area contributed by atoms with Crippen LogP contribution < -0.4 is 5.32 Å². The summed E-state index contributed by atoms with van der Waals surface area (Å²) in [6.45, 7) is 3.23. The number of nitrogens with one attached hydrogen (secondary N) is 1. The first kappa shape index (κ1) is 15.5. The van der Waals surface area contributed by atoms with Crippen molar-refractivity contribution in [1.82, 2.24) is 9.55 Å². The minimum atomic E-state index is -3.36. The standard InChI is InChI=1S/C14H18FN3O2S/c1-3-7-18-8-6-16-14(18)10-17-13-9-11(21(2,19)20)4-5-12(13)15/h4-6,8-9,17H,3,7,10H2,1-2H3. The van der Waals surface area contributed by atoms with Crippen molar-refractivity contribution in [3.8, 4) is 0 Å². The van der Waals surface area contributed by atoms with Crippen molar-refractivity contribution in [3.05, 3.63) is 42.2 Å². The fourth-order valence-corrected chi connectivity index (χ4v) is 2.64. The maximum atomic E-state index is 13.8. The summed E-state index contributed by atoms with van der Waals surface area (Å²) in [7, 11) is -3.36. The molecule has 0 aliphatic heterocycles. The van der Waals surface area contributed by atoms with Crippen LogP contribution >= 0.6 is 0 Å². The number of sulfone groups is 1. The number of anilines is 1. The SMILES string of the molecule is CCCn1ccnc1CNc1cc(S(C)(=O)=O)ccc1F. The van der Waals surface area contributed by atoms with Gasteiger partial charge >= 0.3 is 0 Å². The minimum absolute atomic E-state index is 0.0864. The molecule has 5 nitrogen and oxygen atoms in total. The molecular formula is C14H18FN3O2S. The second kappa shape index (κ2) is 6.26. The molecule has 1 heterocycles. The number of hydrogen-bond acceptors (Lipinski definition) is 4. The van der Waals surface area contributed by atoms with Crippen molar-refractivity contribution in [3.63, 3.8) is 0 Å². The number of benzene rings is 1. The van der Waals surface area contributed by atoms with Crippen LogP contribution in [0.2, 0.25) is 0 Å². The Kier molecular flexibility index (Phi) is 4.62. The van der Waals surface area contributed by atoms with Crippen molar-refractivity contribution >= 4 is 15.5 Å². The number of halogens is 1. The Balaban J connectivity index is 2.18. The van der Waals surface area contributed by atoms with E-state index in [1.807, 2.05) is 10.8 Å². The quantitative estimate of drug-likeness (QED) is 0.832. The van der Waals surface area contributed by atoms with E-state index in [2.05, 4.69) is 17.2 Å². The topological polar surface area (TPSA) is 64.0 Å². The number of rotatable bonds is 6. The Hall–Kier alpha value is -1.89. The molecule has 0 aliphatic rings. The van der Waals surface area contributed by atoms with Crippen LogP contribution in [0.4, 0.5) is 10.1 Å². The molecule has 0 saturated carbocycles. The molecule has 114 valence electrons. The number of aryl methyl sites for hydroxylation is 1. The highest BCUT2D eigenvalue weighted by molar-refractivity contribution is 7.90. The first-order valence-electron chi connectivity index (χ1n) is 6.65. The molecule has 2 aromatic rings. The lowest BCUT2D eigenvalue weighted by molar-refractivity contribution is 0.600. The second-order valence-corrected chi connectivity index (χ2v) is 6.82. The summed E-state index contributed by atoms with van der Waals surface area (Å²) in [6, 6.07) is 3.71. The van der Waals surface area contributed by atoms with Crippen LogP contribution in [0.3, 0.4) is 0 Å². The lowest BCUT2D eigenvalue weighted by Gasteiger charge is -2.10. The normalized spacial score (nSPS) is 11.6. The molecule has 0 aliphatic carbocycles. The molecule has 21 heavy (non-hydrogen) atoms. The molecular weight excluding hydrogens is 293 g/mol. The molecule has 0 unspecified atom stereocenters. The van der Waals surface area contributed by atoms with Crippen molar-refractivity contribution in [2.45, 2.75) is 31.3 Å². The maximum Gasteiger partial charge on any atom is 0.175 e. The molecule has 2 rings (SSSR count). The Morgan fingerprint density at radius 1 is 1.38 bits per heavy atom. The molecule has 0 bridgehead atoms. The minimum Gasteiger partial charge on any atom is -0.375 e. The van der Waals surface area contributed by atoms with Gasteiger partial charge in [0.1, 0.15) is 11.6 Å². The zero-order chi connectivity index (χ0) is 15.5. The number of nitrogens with zero attached hydrogens (tertiary/aromatic N) is 2. The highest BCUT2D eigenvalue weighted by Crippen LogP contribution is 2.20. The van der Waals surface area contributed by atoms with E-state index in [9.17, 15) is 12.8 Å². The molecule has 7 heteroatoms. The molecule has 0 fully saturated rings. The van der Waals surface area contributed by atoms with Gasteiger partial charge in [0, 0.05) is 25.2 Å². The summed E-state index contributed by atoms with van der Waals surface area (Å²) in [6.07, 6.45) is 5.62. The van der Waals surface area contributed by atoms with Crippen LogP contribution in [0, 0.1) is 5.82 Å². The number of hydrogen-bond donors (Lipinski definition) is 1. The Labute approximate surface area is 123 Å². The molecule has 0 saturated heterocycles. The van der Waals surface area contributed by atoms with E-state index in [0.29, 0.717) is 6.54 Å². The summed E-state index contributed by atoms with van der Waals surface area (Å²) >= 11 is 0. The predicted molar refractivity (Wildman–Crippen MR) is 79.4 cm³/mol. The van der Waals surface area contributed by atoms with Gasteiger partial charge in [-0.3, -0.25) is 0 Å². The first-order valence-corrected chi connectivity index (χ1v) is 8.54. The maximum absolute atomic E-state index is 13.8. The third-order valence-electron chi connectivity index (χ3n) is 3.07. The Morgan fingerprint density at radius 2 is 2.14 bits per heavy atom. The molecule has 0 atom stereocenters. The van der Waals surface area contributed by atoms with Gasteiger partial charge in [-0.05, 0) is 24.6 Å². The predicted octanol–water partition coefficient (Wildman–Crippen LogP) is 2.45. The summed E-state index contributed by atoms with van der Waals surface area (Å²) < 4.78 is 38.7. The monoisotopic (exact) mass is 311 g/mol. The van der Waals surface area contributed by atoms with Crippen molar-refractivity contribution in [1.29, 1.82) is 0 Å². The van der Waals surface area contributed by atoms with Crippen LogP contribution in [0.15, 0.2) is 35.5 Å². The van der Waals surface area contributed by atoms with Crippen molar-refractivity contribution in [2.24, 2.45) is 0 Å². The fourth-order valence-electron chi connectivity index (χ4n) is 2.00. The Bertz CT molecular complexity index is 726. The lowest BCUT2D eigenvalue weighted by Crippen LogP contribution is -2.10. The van der Waals surface area contributed by atoms with Gasteiger partial charge in [-0.2, -0.15) is 0 Å².